The van der Waals surface area contributed by atoms with E-state index in [9.17, 15) is 14.4 Å². The van der Waals surface area contributed by atoms with E-state index >= 15 is 0 Å². The average molecular weight is 404 g/mol. The Labute approximate surface area is 175 Å². The molecule has 2 saturated heterocycles. The molecule has 1 spiro atoms. The Morgan fingerprint density at radius 1 is 1.00 bits per heavy atom. The molecule has 0 bridgehead atoms. The van der Waals surface area contributed by atoms with Gasteiger partial charge >= 0.3 is 6.03 Å². The van der Waals surface area contributed by atoms with Crippen LogP contribution >= 0.6 is 0 Å². The summed E-state index contributed by atoms with van der Waals surface area (Å²) in [4.78, 5) is 45.4. The molecule has 7 nitrogen and oxygen atoms in total. The van der Waals surface area contributed by atoms with E-state index in [0.717, 1.165) is 29.9 Å². The number of barbiturate groups is 1. The highest BCUT2D eigenvalue weighted by atomic mass is 16.2. The number of anilines is 1. The highest BCUT2D eigenvalue weighted by molar-refractivity contribution is 6.20. The largest absolute Gasteiger partial charge is 0.364 e. The lowest BCUT2D eigenvalue weighted by molar-refractivity contribution is -0.154. The van der Waals surface area contributed by atoms with Crippen molar-refractivity contribution < 1.29 is 14.4 Å². The van der Waals surface area contributed by atoms with Gasteiger partial charge < -0.3 is 9.80 Å². The summed E-state index contributed by atoms with van der Waals surface area (Å²) in [5.41, 5.74) is 1.56. The van der Waals surface area contributed by atoms with Crippen LogP contribution in [-0.4, -0.2) is 60.4 Å². The number of amides is 4. The molecular formula is C23H24N4O3. The molecule has 3 heterocycles. The molecule has 0 aliphatic carbocycles. The summed E-state index contributed by atoms with van der Waals surface area (Å²) in [6, 6.07) is 16.4. The van der Waals surface area contributed by atoms with Crippen molar-refractivity contribution in [1.29, 1.82) is 0 Å². The predicted octanol–water partition coefficient (Wildman–Crippen LogP) is 1.63. The lowest BCUT2D eigenvalue weighted by Gasteiger charge is -2.55. The molecule has 3 aliphatic rings. The minimum atomic E-state index is -1.33. The van der Waals surface area contributed by atoms with Crippen LogP contribution in [0.4, 0.5) is 10.5 Å². The zero-order valence-corrected chi connectivity index (χ0v) is 16.9. The molecule has 154 valence electrons. The normalized spacial score (nSPS) is 26.4. The van der Waals surface area contributed by atoms with E-state index in [1.807, 2.05) is 55.6 Å². The lowest BCUT2D eigenvalue weighted by atomic mass is 9.67. The quantitative estimate of drug-likeness (QED) is 0.771. The van der Waals surface area contributed by atoms with Gasteiger partial charge in [0.2, 0.25) is 11.8 Å². The number of hydrogen-bond acceptors (Lipinski definition) is 5. The van der Waals surface area contributed by atoms with Crippen molar-refractivity contribution in [1.82, 2.24) is 15.1 Å². The van der Waals surface area contributed by atoms with Gasteiger partial charge in [-0.15, -0.1) is 0 Å². The molecule has 0 radical (unpaired) electrons. The number of urea groups is 1. The van der Waals surface area contributed by atoms with Crippen molar-refractivity contribution in [3.63, 3.8) is 0 Å². The summed E-state index contributed by atoms with van der Waals surface area (Å²) < 4.78 is 0. The third-order valence-electron chi connectivity index (χ3n) is 6.60. The van der Waals surface area contributed by atoms with Crippen molar-refractivity contribution in [2.75, 3.05) is 31.6 Å². The van der Waals surface area contributed by atoms with Gasteiger partial charge in [0.05, 0.1) is 12.6 Å². The zero-order valence-electron chi connectivity index (χ0n) is 16.9. The Balaban J connectivity index is 1.60. The summed E-state index contributed by atoms with van der Waals surface area (Å²) in [6.07, 6.45) is 0.293. The van der Waals surface area contributed by atoms with Crippen LogP contribution in [-0.2, 0) is 22.6 Å². The molecule has 7 heteroatoms. The van der Waals surface area contributed by atoms with E-state index in [4.69, 9.17) is 0 Å². The summed E-state index contributed by atoms with van der Waals surface area (Å²) in [7, 11) is 2.00. The van der Waals surface area contributed by atoms with Gasteiger partial charge in [-0.2, -0.15) is 0 Å². The fraction of sp³-hybridized carbons (Fsp3) is 0.348. The van der Waals surface area contributed by atoms with Gasteiger partial charge in [0.15, 0.2) is 5.41 Å². The fourth-order valence-corrected chi connectivity index (χ4v) is 5.05. The molecule has 2 aromatic carbocycles. The Morgan fingerprint density at radius 2 is 1.73 bits per heavy atom. The van der Waals surface area contributed by atoms with E-state index in [0.29, 0.717) is 13.0 Å². The van der Waals surface area contributed by atoms with E-state index in [-0.39, 0.29) is 12.6 Å². The highest BCUT2D eigenvalue weighted by Gasteiger charge is 2.62. The third kappa shape index (κ3) is 2.73. The topological polar surface area (TPSA) is 73.0 Å². The maximum Gasteiger partial charge on any atom is 0.331 e. The van der Waals surface area contributed by atoms with Crippen LogP contribution in [0.2, 0.25) is 0 Å². The monoisotopic (exact) mass is 404 g/mol. The molecular weight excluding hydrogens is 380 g/mol. The van der Waals surface area contributed by atoms with Gasteiger partial charge in [-0.3, -0.25) is 19.8 Å². The maximum atomic E-state index is 13.9. The highest BCUT2D eigenvalue weighted by Crippen LogP contribution is 2.45. The van der Waals surface area contributed by atoms with Crippen molar-refractivity contribution in [2.24, 2.45) is 5.41 Å². The number of rotatable bonds is 2. The Hall–Kier alpha value is -3.19. The summed E-state index contributed by atoms with van der Waals surface area (Å²) in [5.74, 6) is -0.887. The number of para-hydroxylation sites is 1. The van der Waals surface area contributed by atoms with E-state index < -0.39 is 23.3 Å². The second-order valence-corrected chi connectivity index (χ2v) is 8.38. The minimum absolute atomic E-state index is 0.144. The molecule has 4 amide bonds. The number of piperazine rings is 1. The molecule has 0 saturated carbocycles. The molecule has 1 N–H and O–H groups in total. The number of carbonyl (C=O) groups excluding carboxylic acids is 3. The van der Waals surface area contributed by atoms with E-state index in [1.165, 1.54) is 4.90 Å². The number of hydrogen-bond donors (Lipinski definition) is 1. The molecule has 2 aromatic rings. The van der Waals surface area contributed by atoms with Crippen molar-refractivity contribution >= 4 is 23.5 Å². The van der Waals surface area contributed by atoms with Crippen molar-refractivity contribution in [3.8, 4) is 0 Å². The van der Waals surface area contributed by atoms with Gasteiger partial charge in [-0.25, -0.2) is 4.79 Å². The number of benzene rings is 2. The number of imide groups is 2. The van der Waals surface area contributed by atoms with Crippen LogP contribution in [0.15, 0.2) is 54.6 Å². The van der Waals surface area contributed by atoms with Gasteiger partial charge in [-0.1, -0.05) is 48.5 Å². The molecule has 2 fully saturated rings. The van der Waals surface area contributed by atoms with Crippen LogP contribution in [0.3, 0.4) is 0 Å². The summed E-state index contributed by atoms with van der Waals surface area (Å²) in [5, 5.41) is 2.50. The van der Waals surface area contributed by atoms with Crippen molar-refractivity contribution in [2.45, 2.75) is 19.0 Å². The Bertz CT molecular complexity index is 1020. The fourth-order valence-electron chi connectivity index (χ4n) is 5.05. The smallest absolute Gasteiger partial charge is 0.331 e. The van der Waals surface area contributed by atoms with Crippen LogP contribution in [0, 0.1) is 5.41 Å². The zero-order chi connectivity index (χ0) is 20.9. The number of likely N-dealkylation sites (N-methyl/N-ethyl adjacent to an activating group) is 1. The Morgan fingerprint density at radius 3 is 2.53 bits per heavy atom. The summed E-state index contributed by atoms with van der Waals surface area (Å²) in [6.45, 7) is 2.31. The predicted molar refractivity (Wildman–Crippen MR) is 112 cm³/mol. The molecule has 30 heavy (non-hydrogen) atoms. The maximum absolute atomic E-state index is 13.9. The van der Waals surface area contributed by atoms with Crippen LogP contribution in [0.1, 0.15) is 11.1 Å². The van der Waals surface area contributed by atoms with Crippen LogP contribution in [0.25, 0.3) is 0 Å². The molecule has 3 aliphatic heterocycles. The second kappa shape index (κ2) is 6.95. The third-order valence-corrected chi connectivity index (χ3v) is 6.60. The molecule has 2 atom stereocenters. The minimum Gasteiger partial charge on any atom is -0.364 e. The van der Waals surface area contributed by atoms with Crippen molar-refractivity contribution in [3.05, 3.63) is 65.7 Å². The lowest BCUT2D eigenvalue weighted by Crippen LogP contribution is -2.74. The first-order chi connectivity index (χ1) is 14.5. The first-order valence-corrected chi connectivity index (χ1v) is 10.2. The van der Waals surface area contributed by atoms with Gasteiger partial charge in [0.1, 0.15) is 0 Å². The first-order valence-electron chi connectivity index (χ1n) is 10.2. The van der Waals surface area contributed by atoms with Gasteiger partial charge in [-0.05, 0) is 30.7 Å². The second-order valence-electron chi connectivity index (χ2n) is 8.38. The van der Waals surface area contributed by atoms with Gasteiger partial charge in [0, 0.05) is 25.3 Å². The number of carbonyl (C=O) groups is 3. The van der Waals surface area contributed by atoms with E-state index in [2.05, 4.69) is 21.2 Å². The standard InChI is InChI=1S/C23H24N4O3/c1-25-11-12-26-18-10-6-5-9-17(18)13-23(19(26)15-25)20(28)24-22(30)27(21(23)29)14-16-7-3-2-4-8-16/h2-10,19H,11-15H2,1H3,(H,24,28,30). The number of nitrogens with zero attached hydrogens (tertiary/aromatic N) is 3. The molecule has 2 unspecified atom stereocenters. The van der Waals surface area contributed by atoms with Crippen LogP contribution in [0.5, 0.6) is 0 Å². The van der Waals surface area contributed by atoms with E-state index in [1.54, 1.807) is 0 Å². The SMILES string of the molecule is CN1CCN2c3ccccc3CC3(C(=O)NC(=O)N(Cc4ccccc4)C3=O)C2C1. The van der Waals surface area contributed by atoms with Gasteiger partial charge in [0.25, 0.3) is 0 Å². The van der Waals surface area contributed by atoms with Crippen LogP contribution < -0.4 is 10.2 Å². The first kappa shape index (κ1) is 18.8. The summed E-state index contributed by atoms with van der Waals surface area (Å²) >= 11 is 0. The Kier molecular flexibility index (Phi) is 4.36. The average Bonchev–Trinajstić information content (AvgIpc) is 2.76. The molecule has 5 rings (SSSR count). The number of nitrogens with one attached hydrogen (secondary N) is 1. The molecule has 0 aromatic heterocycles. The number of fused-ring (bicyclic) bond motifs is 4.